The zero-order valence-electron chi connectivity index (χ0n) is 11.2. The number of pyridine rings is 1. The van der Waals surface area contributed by atoms with Gasteiger partial charge in [-0.25, -0.2) is 9.78 Å². The Morgan fingerprint density at radius 3 is 2.78 bits per heavy atom. The van der Waals surface area contributed by atoms with Crippen molar-refractivity contribution in [1.29, 1.82) is 0 Å². The molecule has 0 aliphatic carbocycles. The van der Waals surface area contributed by atoms with Crippen LogP contribution in [0.25, 0.3) is 0 Å². The van der Waals surface area contributed by atoms with Crippen molar-refractivity contribution in [3.05, 3.63) is 23.4 Å². The summed E-state index contributed by atoms with van der Waals surface area (Å²) in [5, 5.41) is 9.23. The highest BCUT2D eigenvalue weighted by Crippen LogP contribution is 2.29. The lowest BCUT2D eigenvalue weighted by molar-refractivity contribution is 0.0697. The molecule has 1 aromatic heterocycles. The monoisotopic (exact) mass is 248 g/mol. The lowest BCUT2D eigenvalue weighted by Crippen LogP contribution is -2.24. The Labute approximate surface area is 108 Å². The topological polar surface area (TPSA) is 53.4 Å². The van der Waals surface area contributed by atoms with Gasteiger partial charge in [0.2, 0.25) is 0 Å². The summed E-state index contributed by atoms with van der Waals surface area (Å²) in [7, 11) is 0. The zero-order valence-corrected chi connectivity index (χ0v) is 11.2. The first-order chi connectivity index (χ1) is 8.49. The van der Waals surface area contributed by atoms with Crippen LogP contribution in [0, 0.1) is 18.8 Å². The quantitative estimate of drug-likeness (QED) is 0.893. The average molecular weight is 248 g/mol. The molecule has 1 atom stereocenters. The fraction of sp³-hybridized carbons (Fsp3) is 0.571. The summed E-state index contributed by atoms with van der Waals surface area (Å²) in [6, 6.07) is 3.41. The number of carboxylic acids is 1. The van der Waals surface area contributed by atoms with Crippen LogP contribution < -0.4 is 4.90 Å². The molecule has 2 rings (SSSR count). The van der Waals surface area contributed by atoms with Crippen molar-refractivity contribution in [3.63, 3.8) is 0 Å². The second-order valence-electron chi connectivity index (χ2n) is 5.37. The van der Waals surface area contributed by atoms with E-state index in [0.717, 1.165) is 25.2 Å². The summed E-state index contributed by atoms with van der Waals surface area (Å²) in [5.41, 5.74) is 1.17. The molecule has 0 amide bonds. The van der Waals surface area contributed by atoms with Gasteiger partial charge in [-0.15, -0.1) is 0 Å². The zero-order chi connectivity index (χ0) is 13.3. The first-order valence-corrected chi connectivity index (χ1v) is 6.45. The molecule has 98 valence electrons. The standard InChI is InChI=1S/C14H20N2O2/c1-9(2)11-6-7-16(8-11)13-12(14(17)18)5-4-10(3)15-13/h4-5,9,11H,6-8H2,1-3H3,(H,17,18). The summed E-state index contributed by atoms with van der Waals surface area (Å²) < 4.78 is 0. The lowest BCUT2D eigenvalue weighted by atomic mass is 9.95. The third kappa shape index (κ3) is 2.47. The Morgan fingerprint density at radius 1 is 1.50 bits per heavy atom. The molecule has 1 saturated heterocycles. The number of aryl methyl sites for hydroxylation is 1. The van der Waals surface area contributed by atoms with Crippen molar-refractivity contribution in [2.45, 2.75) is 27.2 Å². The van der Waals surface area contributed by atoms with E-state index in [9.17, 15) is 9.90 Å². The first-order valence-electron chi connectivity index (χ1n) is 6.45. The molecular weight excluding hydrogens is 228 g/mol. The van der Waals surface area contributed by atoms with E-state index in [0.29, 0.717) is 23.2 Å². The van der Waals surface area contributed by atoms with Crippen LogP contribution in [0.3, 0.4) is 0 Å². The van der Waals surface area contributed by atoms with Gasteiger partial charge in [0.05, 0.1) is 0 Å². The van der Waals surface area contributed by atoms with Crippen LogP contribution in [-0.2, 0) is 0 Å². The Morgan fingerprint density at radius 2 is 2.22 bits per heavy atom. The molecule has 1 N–H and O–H groups in total. The highest BCUT2D eigenvalue weighted by molar-refractivity contribution is 5.93. The number of hydrogen-bond acceptors (Lipinski definition) is 3. The fourth-order valence-electron chi connectivity index (χ4n) is 2.47. The molecule has 1 unspecified atom stereocenters. The number of rotatable bonds is 3. The van der Waals surface area contributed by atoms with Gasteiger partial charge in [-0.3, -0.25) is 0 Å². The number of aromatic nitrogens is 1. The van der Waals surface area contributed by atoms with Gasteiger partial charge in [-0.1, -0.05) is 13.8 Å². The summed E-state index contributed by atoms with van der Waals surface area (Å²) in [5.74, 6) is 0.998. The number of hydrogen-bond donors (Lipinski definition) is 1. The van der Waals surface area contributed by atoms with E-state index in [1.54, 1.807) is 12.1 Å². The maximum atomic E-state index is 11.2. The Balaban J connectivity index is 2.28. The molecule has 18 heavy (non-hydrogen) atoms. The average Bonchev–Trinajstić information content (AvgIpc) is 2.77. The van der Waals surface area contributed by atoms with Gasteiger partial charge in [0, 0.05) is 18.8 Å². The maximum absolute atomic E-state index is 11.2. The van der Waals surface area contributed by atoms with Gasteiger partial charge in [0.1, 0.15) is 11.4 Å². The van der Waals surface area contributed by atoms with E-state index < -0.39 is 5.97 Å². The van der Waals surface area contributed by atoms with Crippen molar-refractivity contribution in [2.24, 2.45) is 11.8 Å². The predicted octanol–water partition coefficient (Wildman–Crippen LogP) is 2.57. The van der Waals surface area contributed by atoms with E-state index in [2.05, 4.69) is 23.7 Å². The molecule has 0 saturated carbocycles. The molecule has 1 aliphatic rings. The van der Waals surface area contributed by atoms with Crippen LogP contribution in [-0.4, -0.2) is 29.1 Å². The SMILES string of the molecule is Cc1ccc(C(=O)O)c(N2CCC(C(C)C)C2)n1. The molecule has 1 fully saturated rings. The second kappa shape index (κ2) is 4.96. The fourth-order valence-corrected chi connectivity index (χ4v) is 2.47. The second-order valence-corrected chi connectivity index (χ2v) is 5.37. The predicted molar refractivity (Wildman–Crippen MR) is 71.1 cm³/mol. The molecule has 1 aromatic rings. The third-order valence-corrected chi connectivity index (χ3v) is 3.71. The van der Waals surface area contributed by atoms with Crippen LogP contribution in [0.2, 0.25) is 0 Å². The first kappa shape index (κ1) is 12.9. The van der Waals surface area contributed by atoms with Gasteiger partial charge < -0.3 is 10.0 Å². The summed E-state index contributed by atoms with van der Waals surface area (Å²) >= 11 is 0. The number of aromatic carboxylic acids is 1. The van der Waals surface area contributed by atoms with Crippen molar-refractivity contribution in [1.82, 2.24) is 4.98 Å². The van der Waals surface area contributed by atoms with Crippen LogP contribution in [0.5, 0.6) is 0 Å². The van der Waals surface area contributed by atoms with Crippen LogP contribution in [0.15, 0.2) is 12.1 Å². The summed E-state index contributed by atoms with van der Waals surface area (Å²) in [6.45, 7) is 8.14. The van der Waals surface area contributed by atoms with Gasteiger partial charge in [-0.05, 0) is 37.3 Å². The number of nitrogens with zero attached hydrogens (tertiary/aromatic N) is 2. The molecule has 4 heteroatoms. The molecule has 4 nitrogen and oxygen atoms in total. The highest BCUT2D eigenvalue weighted by atomic mass is 16.4. The molecular formula is C14H20N2O2. The van der Waals surface area contributed by atoms with E-state index in [1.165, 1.54) is 0 Å². The minimum atomic E-state index is -0.898. The number of anilines is 1. The van der Waals surface area contributed by atoms with E-state index >= 15 is 0 Å². The van der Waals surface area contributed by atoms with Crippen molar-refractivity contribution < 1.29 is 9.90 Å². The minimum Gasteiger partial charge on any atom is -0.478 e. The minimum absolute atomic E-state index is 0.310. The van der Waals surface area contributed by atoms with Crippen molar-refractivity contribution in [2.75, 3.05) is 18.0 Å². The Hall–Kier alpha value is -1.58. The van der Waals surface area contributed by atoms with Crippen LogP contribution >= 0.6 is 0 Å². The Bertz CT molecular complexity index is 457. The summed E-state index contributed by atoms with van der Waals surface area (Å²) in [6.07, 6.45) is 1.12. The molecule has 0 bridgehead atoms. The van der Waals surface area contributed by atoms with E-state index in [1.807, 2.05) is 6.92 Å². The van der Waals surface area contributed by atoms with Crippen molar-refractivity contribution in [3.8, 4) is 0 Å². The van der Waals surface area contributed by atoms with Crippen LogP contribution in [0.4, 0.5) is 5.82 Å². The smallest absolute Gasteiger partial charge is 0.339 e. The molecule has 0 spiro atoms. The largest absolute Gasteiger partial charge is 0.478 e. The molecule has 1 aliphatic heterocycles. The third-order valence-electron chi connectivity index (χ3n) is 3.71. The lowest BCUT2D eigenvalue weighted by Gasteiger charge is -2.21. The molecule has 0 radical (unpaired) electrons. The molecule has 2 heterocycles. The number of carboxylic acid groups (broad SMARTS) is 1. The Kier molecular flexibility index (Phi) is 3.55. The van der Waals surface area contributed by atoms with Gasteiger partial charge >= 0.3 is 5.97 Å². The summed E-state index contributed by atoms with van der Waals surface area (Å²) in [4.78, 5) is 17.8. The van der Waals surface area contributed by atoms with Gasteiger partial charge in [0.25, 0.3) is 0 Å². The molecule has 0 aromatic carbocycles. The van der Waals surface area contributed by atoms with Gasteiger partial charge in [0.15, 0.2) is 0 Å². The normalized spacial score (nSPS) is 19.6. The maximum Gasteiger partial charge on any atom is 0.339 e. The van der Waals surface area contributed by atoms with Crippen LogP contribution in [0.1, 0.15) is 36.3 Å². The van der Waals surface area contributed by atoms with E-state index in [4.69, 9.17) is 0 Å². The van der Waals surface area contributed by atoms with Gasteiger partial charge in [-0.2, -0.15) is 0 Å². The van der Waals surface area contributed by atoms with E-state index in [-0.39, 0.29) is 0 Å². The van der Waals surface area contributed by atoms with Crippen molar-refractivity contribution >= 4 is 11.8 Å². The highest BCUT2D eigenvalue weighted by Gasteiger charge is 2.28. The number of carbonyl (C=O) groups is 1.